The summed E-state index contributed by atoms with van der Waals surface area (Å²) in [7, 11) is -5.99. The molecule has 0 spiro atoms. The Labute approximate surface area is 149 Å². The van der Waals surface area contributed by atoms with E-state index in [1.807, 2.05) is 0 Å². The number of sulfonamides is 2. The Hall–Kier alpha value is -1.90. The highest BCUT2D eigenvalue weighted by Gasteiger charge is 2.18. The summed E-state index contributed by atoms with van der Waals surface area (Å²) in [6.45, 7) is 6.15. The molecule has 2 aromatic carbocycles. The number of nitrogens with one attached hydrogen (secondary N) is 2. The van der Waals surface area contributed by atoms with Crippen molar-refractivity contribution in [1.82, 2.24) is 4.72 Å². The quantitative estimate of drug-likeness (QED) is 0.832. The Morgan fingerprint density at radius 1 is 0.720 bits per heavy atom. The monoisotopic (exact) mass is 382 g/mol. The third-order valence-electron chi connectivity index (χ3n) is 3.72. The number of benzene rings is 2. The Bertz CT molecular complexity index is 941. The first kappa shape index (κ1) is 19.4. The van der Waals surface area contributed by atoms with E-state index in [-0.39, 0.29) is 20.9 Å². The summed E-state index contributed by atoms with van der Waals surface area (Å²) in [4.78, 5) is 0.208. The summed E-state index contributed by atoms with van der Waals surface area (Å²) >= 11 is 0. The Balaban J connectivity index is 2.24. The molecule has 0 aliphatic rings. The normalized spacial score (nSPS) is 12.8. The van der Waals surface area contributed by atoms with E-state index in [2.05, 4.69) is 30.2 Å². The maximum atomic E-state index is 12.5. The minimum absolute atomic E-state index is 0.0625. The van der Waals surface area contributed by atoms with Crippen LogP contribution in [0.1, 0.15) is 26.3 Å². The molecule has 0 heterocycles. The Morgan fingerprint density at radius 3 is 1.60 bits per heavy atom. The summed E-state index contributed by atoms with van der Waals surface area (Å²) in [5.41, 5.74) is 1.26. The molecular formula is C17H22N2O4S2. The fourth-order valence-electron chi connectivity index (χ4n) is 2.17. The third-order valence-corrected chi connectivity index (χ3v) is 6.54. The van der Waals surface area contributed by atoms with Crippen LogP contribution in [0.4, 0.5) is 5.69 Å². The van der Waals surface area contributed by atoms with E-state index < -0.39 is 20.0 Å². The molecule has 0 radical (unpaired) electrons. The average molecular weight is 383 g/mol. The largest absolute Gasteiger partial charge is 0.280 e. The molecule has 0 unspecified atom stereocenters. The highest BCUT2D eigenvalue weighted by molar-refractivity contribution is 7.92. The lowest BCUT2D eigenvalue weighted by Gasteiger charge is -2.19. The summed E-state index contributed by atoms with van der Waals surface area (Å²) in [6, 6.07) is 12.2. The minimum atomic E-state index is -3.74. The molecule has 25 heavy (non-hydrogen) atoms. The average Bonchev–Trinajstić information content (AvgIpc) is 2.54. The molecule has 0 aromatic heterocycles. The van der Waals surface area contributed by atoms with Crippen LogP contribution in [0.2, 0.25) is 0 Å². The summed E-state index contributed by atoms with van der Waals surface area (Å²) in [5.74, 6) is 0. The van der Waals surface area contributed by atoms with E-state index in [1.165, 1.54) is 31.3 Å². The number of hydrogen-bond acceptors (Lipinski definition) is 4. The van der Waals surface area contributed by atoms with Crippen molar-refractivity contribution in [3.63, 3.8) is 0 Å². The summed E-state index contributed by atoms with van der Waals surface area (Å²) < 4.78 is 52.9. The van der Waals surface area contributed by atoms with Gasteiger partial charge in [0.15, 0.2) is 0 Å². The van der Waals surface area contributed by atoms with Crippen molar-refractivity contribution >= 4 is 25.7 Å². The SMILES string of the molecule is CNS(=O)(=O)c1ccc(NS(=O)(=O)c2ccc(C(C)(C)C)cc2)cc1. The van der Waals surface area contributed by atoms with Gasteiger partial charge in [-0.3, -0.25) is 4.72 Å². The third kappa shape index (κ3) is 4.59. The first-order valence-electron chi connectivity index (χ1n) is 7.63. The molecule has 2 N–H and O–H groups in total. The molecule has 0 saturated heterocycles. The van der Waals surface area contributed by atoms with Crippen LogP contribution in [-0.2, 0) is 25.5 Å². The first-order valence-corrected chi connectivity index (χ1v) is 10.6. The van der Waals surface area contributed by atoms with Crippen molar-refractivity contribution in [3.8, 4) is 0 Å². The molecule has 0 saturated carbocycles. The van der Waals surface area contributed by atoms with E-state index in [4.69, 9.17) is 0 Å². The molecule has 6 nitrogen and oxygen atoms in total. The van der Waals surface area contributed by atoms with Gasteiger partial charge >= 0.3 is 0 Å². The van der Waals surface area contributed by atoms with Crippen LogP contribution in [0.3, 0.4) is 0 Å². The standard InChI is InChI=1S/C17H22N2O4S2/c1-17(2,3)13-5-9-16(10-6-13)25(22,23)19-14-7-11-15(12-8-14)24(20,21)18-4/h5-12,18-19H,1-4H3. The van der Waals surface area contributed by atoms with Gasteiger partial charge in [0.05, 0.1) is 9.79 Å². The van der Waals surface area contributed by atoms with Gasteiger partial charge in [0.1, 0.15) is 0 Å². The zero-order valence-electron chi connectivity index (χ0n) is 14.6. The molecule has 0 aliphatic heterocycles. The number of anilines is 1. The van der Waals surface area contributed by atoms with Crippen LogP contribution < -0.4 is 9.44 Å². The van der Waals surface area contributed by atoms with Gasteiger partial charge in [-0.25, -0.2) is 21.6 Å². The van der Waals surface area contributed by atoms with Crippen LogP contribution >= 0.6 is 0 Å². The maximum Gasteiger partial charge on any atom is 0.261 e. The number of rotatable bonds is 5. The second-order valence-electron chi connectivity index (χ2n) is 6.61. The Kier molecular flexibility index (Phi) is 5.27. The van der Waals surface area contributed by atoms with Gasteiger partial charge in [0, 0.05) is 5.69 Å². The summed E-state index contributed by atoms with van der Waals surface area (Å²) in [6.07, 6.45) is 0. The van der Waals surface area contributed by atoms with Crippen LogP contribution in [-0.4, -0.2) is 23.9 Å². The van der Waals surface area contributed by atoms with Crippen molar-refractivity contribution in [3.05, 3.63) is 54.1 Å². The van der Waals surface area contributed by atoms with E-state index in [0.717, 1.165) is 5.56 Å². The number of hydrogen-bond donors (Lipinski definition) is 2. The molecule has 0 aliphatic carbocycles. The Morgan fingerprint density at radius 2 is 1.16 bits per heavy atom. The van der Waals surface area contributed by atoms with Crippen molar-refractivity contribution < 1.29 is 16.8 Å². The fraction of sp³-hybridized carbons (Fsp3) is 0.294. The van der Waals surface area contributed by atoms with Gasteiger partial charge in [-0.15, -0.1) is 0 Å². The van der Waals surface area contributed by atoms with Crippen molar-refractivity contribution in [1.29, 1.82) is 0 Å². The molecule has 0 atom stereocenters. The zero-order valence-corrected chi connectivity index (χ0v) is 16.2. The molecule has 0 amide bonds. The highest BCUT2D eigenvalue weighted by atomic mass is 32.2. The van der Waals surface area contributed by atoms with Crippen molar-refractivity contribution in [2.24, 2.45) is 0 Å². The van der Waals surface area contributed by atoms with Crippen LogP contribution in [0.15, 0.2) is 58.3 Å². The van der Waals surface area contributed by atoms with Gasteiger partial charge in [0.25, 0.3) is 10.0 Å². The lowest BCUT2D eigenvalue weighted by atomic mass is 9.87. The molecule has 8 heteroatoms. The predicted molar refractivity (Wildman–Crippen MR) is 98.6 cm³/mol. The van der Waals surface area contributed by atoms with Crippen molar-refractivity contribution in [2.75, 3.05) is 11.8 Å². The molecular weight excluding hydrogens is 360 g/mol. The zero-order chi connectivity index (χ0) is 18.9. The van der Waals surface area contributed by atoms with Gasteiger partial charge in [-0.05, 0) is 54.4 Å². The lowest BCUT2D eigenvalue weighted by Crippen LogP contribution is -2.18. The van der Waals surface area contributed by atoms with Crippen LogP contribution in [0.25, 0.3) is 0 Å². The van der Waals surface area contributed by atoms with E-state index in [1.54, 1.807) is 24.3 Å². The topological polar surface area (TPSA) is 92.3 Å². The van der Waals surface area contributed by atoms with Gasteiger partial charge in [-0.2, -0.15) is 0 Å². The molecule has 0 fully saturated rings. The lowest BCUT2D eigenvalue weighted by molar-refractivity contribution is 0.587. The van der Waals surface area contributed by atoms with Gasteiger partial charge < -0.3 is 0 Å². The molecule has 2 rings (SSSR count). The highest BCUT2D eigenvalue weighted by Crippen LogP contribution is 2.24. The van der Waals surface area contributed by atoms with Crippen LogP contribution in [0.5, 0.6) is 0 Å². The van der Waals surface area contributed by atoms with Gasteiger partial charge in [0.2, 0.25) is 10.0 Å². The fourth-order valence-corrected chi connectivity index (χ4v) is 3.96. The smallest absolute Gasteiger partial charge is 0.261 e. The van der Waals surface area contributed by atoms with E-state index in [0.29, 0.717) is 0 Å². The van der Waals surface area contributed by atoms with Crippen molar-refractivity contribution in [2.45, 2.75) is 36.0 Å². The van der Waals surface area contributed by atoms with E-state index in [9.17, 15) is 16.8 Å². The summed E-state index contributed by atoms with van der Waals surface area (Å²) in [5, 5.41) is 0. The second-order valence-corrected chi connectivity index (χ2v) is 10.2. The van der Waals surface area contributed by atoms with Crippen LogP contribution in [0, 0.1) is 0 Å². The minimum Gasteiger partial charge on any atom is -0.280 e. The van der Waals surface area contributed by atoms with Gasteiger partial charge in [-0.1, -0.05) is 32.9 Å². The first-order chi connectivity index (χ1) is 11.5. The maximum absolute atomic E-state index is 12.5. The predicted octanol–water partition coefficient (Wildman–Crippen LogP) is 2.69. The molecule has 0 bridgehead atoms. The molecule has 2 aromatic rings. The van der Waals surface area contributed by atoms with E-state index >= 15 is 0 Å². The molecule has 136 valence electrons. The second kappa shape index (κ2) is 6.78.